The molecule has 0 spiro atoms. The lowest BCUT2D eigenvalue weighted by Gasteiger charge is -2.13. The highest BCUT2D eigenvalue weighted by atomic mass is 32.2. The van der Waals surface area contributed by atoms with E-state index in [1.807, 2.05) is 0 Å². The molecule has 0 unspecified atom stereocenters. The zero-order valence-corrected chi connectivity index (χ0v) is 12.3. The van der Waals surface area contributed by atoms with Crippen LogP contribution in [0.3, 0.4) is 0 Å². The van der Waals surface area contributed by atoms with E-state index in [9.17, 15) is 4.57 Å². The maximum atomic E-state index is 11.7. The van der Waals surface area contributed by atoms with Crippen LogP contribution < -0.4 is 0 Å². The van der Waals surface area contributed by atoms with Crippen LogP contribution in [0.2, 0.25) is 0 Å². The summed E-state index contributed by atoms with van der Waals surface area (Å²) in [5.41, 5.74) is 0. The molecule has 0 aromatic heterocycles. The van der Waals surface area contributed by atoms with E-state index in [1.165, 1.54) is 0 Å². The van der Waals surface area contributed by atoms with Crippen molar-refractivity contribution in [1.29, 1.82) is 0 Å². The Morgan fingerprint density at radius 2 is 1.40 bits per heavy atom. The molecule has 3 nitrogen and oxygen atoms in total. The summed E-state index contributed by atoms with van der Waals surface area (Å²) in [5, 5.41) is 0. The third kappa shape index (κ3) is 11.1. The van der Waals surface area contributed by atoms with Gasteiger partial charge in [-0.25, -0.2) is 0 Å². The Labute approximate surface area is 102 Å². The van der Waals surface area contributed by atoms with Crippen LogP contribution in [0.1, 0.15) is 13.8 Å². The summed E-state index contributed by atoms with van der Waals surface area (Å²) < 4.78 is 22.1. The zero-order valence-electron chi connectivity index (χ0n) is 9.73. The van der Waals surface area contributed by atoms with E-state index >= 15 is 0 Å². The minimum Gasteiger partial charge on any atom is -0.308 e. The number of hydrogen-bond donors (Lipinski definition) is 0. The lowest BCUT2D eigenvalue weighted by molar-refractivity contribution is 0.228. The third-order valence-corrected chi connectivity index (χ3v) is 4.55. The summed E-state index contributed by atoms with van der Waals surface area (Å²) >= 11 is 3.55. The van der Waals surface area contributed by atoms with Gasteiger partial charge in [0.15, 0.2) is 0 Å². The maximum absolute atomic E-state index is 11.7. The quantitative estimate of drug-likeness (QED) is 0.450. The van der Waals surface area contributed by atoms with Gasteiger partial charge in [-0.3, -0.25) is 4.57 Å². The second-order valence-electron chi connectivity index (χ2n) is 2.83. The molecule has 0 amide bonds. The zero-order chi connectivity index (χ0) is 11.6. The summed E-state index contributed by atoms with van der Waals surface area (Å²) in [6.07, 6.45) is 0. The van der Waals surface area contributed by atoms with Gasteiger partial charge in [0.05, 0.1) is 13.2 Å². The fourth-order valence-corrected chi connectivity index (χ4v) is 3.00. The van der Waals surface area contributed by atoms with Crippen molar-refractivity contribution in [2.75, 3.05) is 42.9 Å². The van der Waals surface area contributed by atoms with Crippen molar-refractivity contribution in [2.45, 2.75) is 13.8 Å². The fraction of sp³-hybridized carbons (Fsp3) is 1.00. The summed E-state index contributed by atoms with van der Waals surface area (Å²) in [4.78, 5) is 0. The second kappa shape index (κ2) is 10.0. The van der Waals surface area contributed by atoms with E-state index in [0.717, 1.165) is 23.0 Å². The van der Waals surface area contributed by atoms with Crippen molar-refractivity contribution in [3.05, 3.63) is 0 Å². The largest absolute Gasteiger partial charge is 0.327 e. The van der Waals surface area contributed by atoms with Crippen molar-refractivity contribution in [3.8, 4) is 0 Å². The van der Waals surface area contributed by atoms with E-state index in [1.54, 1.807) is 30.2 Å². The molecule has 0 bridgehead atoms. The normalized spacial score (nSPS) is 11.9. The lowest BCUT2D eigenvalue weighted by Crippen LogP contribution is -2.01. The highest BCUT2D eigenvalue weighted by molar-refractivity contribution is 7.99. The van der Waals surface area contributed by atoms with E-state index < -0.39 is 7.60 Å². The Kier molecular flexibility index (Phi) is 10.6. The first-order chi connectivity index (χ1) is 7.12. The number of thioether (sulfide) groups is 2. The Balaban J connectivity index is 3.45. The minimum atomic E-state index is -2.80. The molecule has 0 aliphatic heterocycles. The van der Waals surface area contributed by atoms with Crippen LogP contribution in [0, 0.1) is 0 Å². The van der Waals surface area contributed by atoms with E-state index in [4.69, 9.17) is 9.05 Å². The van der Waals surface area contributed by atoms with Gasteiger partial charge in [-0.05, 0) is 11.5 Å². The number of hydrogen-bond acceptors (Lipinski definition) is 5. The Morgan fingerprint density at radius 1 is 1.00 bits per heavy atom. The fourth-order valence-electron chi connectivity index (χ4n) is 0.850. The summed E-state index contributed by atoms with van der Waals surface area (Å²) in [7, 11) is -2.80. The predicted octanol–water partition coefficient (Wildman–Crippen LogP) is 3.35. The molecule has 0 saturated heterocycles. The van der Waals surface area contributed by atoms with Gasteiger partial charge in [-0.1, -0.05) is 13.8 Å². The first-order valence-electron chi connectivity index (χ1n) is 5.14. The molecular formula is C9H21O3PS2. The standard InChI is InChI=1S/C9H21O3PS2/c1-4-14-8-6-11-13(3,10)12-7-9-15-5-2/h4-9H2,1-3H3. The molecule has 0 aliphatic rings. The first-order valence-corrected chi connectivity index (χ1v) is 9.44. The van der Waals surface area contributed by atoms with E-state index in [0.29, 0.717) is 13.2 Å². The maximum Gasteiger partial charge on any atom is 0.327 e. The third-order valence-electron chi connectivity index (χ3n) is 1.52. The van der Waals surface area contributed by atoms with Crippen LogP contribution in [0.4, 0.5) is 0 Å². The summed E-state index contributed by atoms with van der Waals surface area (Å²) in [6, 6.07) is 0. The van der Waals surface area contributed by atoms with Gasteiger partial charge in [0.1, 0.15) is 0 Å². The molecule has 0 aromatic rings. The molecule has 0 rings (SSSR count). The number of rotatable bonds is 10. The van der Waals surface area contributed by atoms with Crippen LogP contribution in [0.25, 0.3) is 0 Å². The van der Waals surface area contributed by atoms with Gasteiger partial charge < -0.3 is 9.05 Å². The highest BCUT2D eigenvalue weighted by Crippen LogP contribution is 2.43. The molecule has 0 radical (unpaired) electrons. The molecule has 0 N–H and O–H groups in total. The summed E-state index contributed by atoms with van der Waals surface area (Å²) in [5.74, 6) is 3.87. The Bertz CT molecular complexity index is 174. The van der Waals surface area contributed by atoms with Gasteiger partial charge in [-0.15, -0.1) is 0 Å². The topological polar surface area (TPSA) is 35.5 Å². The molecule has 0 saturated carbocycles. The van der Waals surface area contributed by atoms with Gasteiger partial charge in [0.2, 0.25) is 0 Å². The minimum absolute atomic E-state index is 0.507. The SMILES string of the molecule is CCSCCOP(C)(=O)OCCSCC. The van der Waals surface area contributed by atoms with Crippen LogP contribution in [0.5, 0.6) is 0 Å². The van der Waals surface area contributed by atoms with Gasteiger partial charge >= 0.3 is 7.60 Å². The molecule has 0 aliphatic carbocycles. The van der Waals surface area contributed by atoms with E-state index in [-0.39, 0.29) is 0 Å². The predicted molar refractivity (Wildman–Crippen MR) is 71.4 cm³/mol. The lowest BCUT2D eigenvalue weighted by atomic mass is 10.9. The Hall–Kier alpha value is 0.850. The van der Waals surface area contributed by atoms with Gasteiger partial charge in [0, 0.05) is 18.2 Å². The Morgan fingerprint density at radius 3 is 1.73 bits per heavy atom. The molecule has 0 atom stereocenters. The molecule has 92 valence electrons. The molecular weight excluding hydrogens is 251 g/mol. The van der Waals surface area contributed by atoms with Crippen molar-refractivity contribution >= 4 is 31.1 Å². The molecule has 0 fully saturated rings. The first kappa shape index (κ1) is 15.9. The molecule has 15 heavy (non-hydrogen) atoms. The summed E-state index contributed by atoms with van der Waals surface area (Å²) in [6.45, 7) is 6.74. The van der Waals surface area contributed by atoms with Gasteiger partial charge in [0.25, 0.3) is 0 Å². The van der Waals surface area contributed by atoms with Gasteiger partial charge in [-0.2, -0.15) is 23.5 Å². The average Bonchev–Trinajstić information content (AvgIpc) is 2.20. The average molecular weight is 272 g/mol. The monoisotopic (exact) mass is 272 g/mol. The van der Waals surface area contributed by atoms with Crippen molar-refractivity contribution in [1.82, 2.24) is 0 Å². The van der Waals surface area contributed by atoms with Crippen LogP contribution in [0.15, 0.2) is 0 Å². The van der Waals surface area contributed by atoms with Crippen LogP contribution >= 0.6 is 31.1 Å². The van der Waals surface area contributed by atoms with Crippen molar-refractivity contribution in [3.63, 3.8) is 0 Å². The van der Waals surface area contributed by atoms with Crippen LogP contribution in [-0.4, -0.2) is 42.9 Å². The van der Waals surface area contributed by atoms with Crippen molar-refractivity contribution in [2.24, 2.45) is 0 Å². The van der Waals surface area contributed by atoms with Crippen LogP contribution in [-0.2, 0) is 13.6 Å². The highest BCUT2D eigenvalue weighted by Gasteiger charge is 2.15. The van der Waals surface area contributed by atoms with Crippen molar-refractivity contribution < 1.29 is 13.6 Å². The smallest absolute Gasteiger partial charge is 0.308 e. The molecule has 0 aromatic carbocycles. The molecule has 0 heterocycles. The van der Waals surface area contributed by atoms with E-state index in [2.05, 4.69) is 13.8 Å². The second-order valence-corrected chi connectivity index (χ2v) is 7.68. The molecule has 6 heteroatoms.